The van der Waals surface area contributed by atoms with E-state index < -0.39 is 0 Å². The van der Waals surface area contributed by atoms with Gasteiger partial charge in [-0.3, -0.25) is 9.78 Å². The van der Waals surface area contributed by atoms with Crippen molar-refractivity contribution in [2.24, 2.45) is 5.92 Å². The molecule has 0 fully saturated rings. The lowest BCUT2D eigenvalue weighted by atomic mass is 9.97. The van der Waals surface area contributed by atoms with Gasteiger partial charge in [-0.05, 0) is 24.1 Å². The van der Waals surface area contributed by atoms with Crippen molar-refractivity contribution in [1.82, 2.24) is 9.88 Å². The predicted octanol–water partition coefficient (Wildman–Crippen LogP) is 3.68. The second-order valence-electron chi connectivity index (χ2n) is 6.85. The summed E-state index contributed by atoms with van der Waals surface area (Å²) in [7, 11) is 1.79. The van der Waals surface area contributed by atoms with Gasteiger partial charge in [0, 0.05) is 43.4 Å². The molecule has 27 heavy (non-hydrogen) atoms. The van der Waals surface area contributed by atoms with Gasteiger partial charge in [-0.15, -0.1) is 0 Å². The minimum absolute atomic E-state index is 0.0104. The average molecular weight is 360 g/mol. The van der Waals surface area contributed by atoms with E-state index in [4.69, 9.17) is 0 Å². The van der Waals surface area contributed by atoms with Crippen LogP contribution in [-0.4, -0.2) is 35.7 Å². The monoisotopic (exact) mass is 360 g/mol. The number of pyridine rings is 1. The Kier molecular flexibility index (Phi) is 6.31. The number of para-hydroxylation sites is 1. The zero-order chi connectivity index (χ0) is 19.1. The van der Waals surface area contributed by atoms with Gasteiger partial charge in [-0.2, -0.15) is 0 Å². The van der Waals surface area contributed by atoms with Crippen LogP contribution in [0.4, 0.5) is 0 Å². The highest BCUT2D eigenvalue weighted by atomic mass is 16.2. The van der Waals surface area contributed by atoms with Gasteiger partial charge in [0.1, 0.15) is 6.29 Å². The summed E-state index contributed by atoms with van der Waals surface area (Å²) in [5.74, 6) is -0.301. The van der Waals surface area contributed by atoms with Crippen molar-refractivity contribution in [1.29, 1.82) is 0 Å². The number of aromatic nitrogens is 1. The molecule has 4 heteroatoms. The number of benzene rings is 2. The number of likely N-dealkylation sites (N-methyl/N-ethyl adjacent to an activating group) is 1. The summed E-state index contributed by atoms with van der Waals surface area (Å²) in [5.41, 5.74) is 3.00. The Morgan fingerprint density at radius 3 is 2.56 bits per heavy atom. The Hall–Kier alpha value is -3.01. The van der Waals surface area contributed by atoms with Gasteiger partial charge in [0.15, 0.2) is 0 Å². The minimum atomic E-state index is -0.291. The fraction of sp³-hybridized carbons (Fsp3) is 0.261. The number of carbonyl (C=O) groups is 2. The number of hydrogen-bond donors (Lipinski definition) is 0. The van der Waals surface area contributed by atoms with Crippen LogP contribution in [0.2, 0.25) is 0 Å². The van der Waals surface area contributed by atoms with E-state index in [0.29, 0.717) is 19.4 Å². The van der Waals surface area contributed by atoms with Gasteiger partial charge in [0.05, 0.1) is 5.52 Å². The first-order chi connectivity index (χ1) is 13.2. The van der Waals surface area contributed by atoms with Gasteiger partial charge in [0.2, 0.25) is 5.91 Å². The summed E-state index contributed by atoms with van der Waals surface area (Å²) in [6.07, 6.45) is 2.41. The largest absolute Gasteiger partial charge is 0.345 e. The summed E-state index contributed by atoms with van der Waals surface area (Å²) in [6.45, 7) is 0.584. The molecule has 0 aliphatic heterocycles. The molecule has 3 aromatic rings. The Bertz CT molecular complexity index is 908. The van der Waals surface area contributed by atoms with Crippen LogP contribution in [0.15, 0.2) is 66.7 Å². The van der Waals surface area contributed by atoms with Gasteiger partial charge in [-0.1, -0.05) is 54.6 Å². The molecule has 0 aliphatic carbocycles. The number of hydrogen-bond acceptors (Lipinski definition) is 3. The third-order valence-electron chi connectivity index (χ3n) is 4.76. The number of aldehydes is 1. The highest BCUT2D eigenvalue weighted by Gasteiger charge is 2.17. The molecular formula is C23H24N2O2. The maximum Gasteiger partial charge on any atom is 0.223 e. The van der Waals surface area contributed by atoms with Crippen LogP contribution in [0.1, 0.15) is 17.7 Å². The van der Waals surface area contributed by atoms with Crippen molar-refractivity contribution < 1.29 is 9.59 Å². The molecule has 0 aliphatic rings. The third-order valence-corrected chi connectivity index (χ3v) is 4.76. The lowest BCUT2D eigenvalue weighted by Crippen LogP contribution is -2.31. The van der Waals surface area contributed by atoms with Gasteiger partial charge < -0.3 is 9.69 Å². The fourth-order valence-electron chi connectivity index (χ4n) is 3.12. The van der Waals surface area contributed by atoms with Crippen LogP contribution >= 0.6 is 0 Å². The van der Waals surface area contributed by atoms with Crippen LogP contribution in [0, 0.1) is 5.92 Å². The fourth-order valence-corrected chi connectivity index (χ4v) is 3.12. The maximum atomic E-state index is 12.5. The summed E-state index contributed by atoms with van der Waals surface area (Å²) in [6, 6.07) is 21.9. The van der Waals surface area contributed by atoms with E-state index in [1.54, 1.807) is 11.9 Å². The number of fused-ring (bicyclic) bond motifs is 1. The topological polar surface area (TPSA) is 50.3 Å². The first-order valence-corrected chi connectivity index (χ1v) is 9.23. The molecule has 0 spiro atoms. The standard InChI is InChI=1S/C23H24N2O2/c1-25(14-13-21-12-11-20-9-5-6-10-22(20)24-21)23(27)16-19(17-26)15-18-7-3-2-4-8-18/h2-12,17,19H,13-16H2,1H3. The summed E-state index contributed by atoms with van der Waals surface area (Å²) < 4.78 is 0. The second-order valence-corrected chi connectivity index (χ2v) is 6.85. The maximum absolute atomic E-state index is 12.5. The van der Waals surface area contributed by atoms with Crippen LogP contribution in [0.5, 0.6) is 0 Å². The van der Waals surface area contributed by atoms with Gasteiger partial charge >= 0.3 is 0 Å². The van der Waals surface area contributed by atoms with Crippen molar-refractivity contribution in [3.8, 4) is 0 Å². The number of carbonyl (C=O) groups excluding carboxylic acids is 2. The van der Waals surface area contributed by atoms with E-state index in [2.05, 4.69) is 11.1 Å². The van der Waals surface area contributed by atoms with Crippen molar-refractivity contribution >= 4 is 23.1 Å². The lowest BCUT2D eigenvalue weighted by Gasteiger charge is -2.19. The van der Waals surface area contributed by atoms with E-state index in [0.717, 1.165) is 28.4 Å². The molecule has 1 aromatic heterocycles. The Labute approximate surface area is 159 Å². The molecule has 138 valence electrons. The molecule has 0 radical (unpaired) electrons. The van der Waals surface area contributed by atoms with Gasteiger partial charge in [-0.25, -0.2) is 0 Å². The number of rotatable bonds is 8. The molecule has 0 saturated heterocycles. The zero-order valence-electron chi connectivity index (χ0n) is 15.5. The Morgan fingerprint density at radius 1 is 1.04 bits per heavy atom. The molecule has 1 unspecified atom stereocenters. The highest BCUT2D eigenvalue weighted by molar-refractivity contribution is 5.79. The molecule has 1 atom stereocenters. The molecular weight excluding hydrogens is 336 g/mol. The van der Waals surface area contributed by atoms with Crippen molar-refractivity contribution in [3.05, 3.63) is 78.0 Å². The smallest absolute Gasteiger partial charge is 0.223 e. The van der Waals surface area contributed by atoms with E-state index in [1.807, 2.05) is 60.7 Å². The quantitative estimate of drug-likeness (QED) is 0.576. The first kappa shape index (κ1) is 18.8. The molecule has 1 amide bonds. The summed E-state index contributed by atoms with van der Waals surface area (Å²) in [5, 5.41) is 1.11. The molecule has 2 aromatic carbocycles. The number of nitrogens with zero attached hydrogens (tertiary/aromatic N) is 2. The SMILES string of the molecule is CN(CCc1ccc2ccccc2n1)C(=O)CC(C=O)Cc1ccccc1. The average Bonchev–Trinajstić information content (AvgIpc) is 2.72. The molecule has 1 heterocycles. The van der Waals surface area contributed by atoms with Crippen LogP contribution in [0.3, 0.4) is 0 Å². The predicted molar refractivity (Wildman–Crippen MR) is 107 cm³/mol. The van der Waals surface area contributed by atoms with Crippen molar-refractivity contribution in [2.75, 3.05) is 13.6 Å². The second kappa shape index (κ2) is 9.08. The number of amides is 1. The molecule has 3 rings (SSSR count). The van der Waals surface area contributed by atoms with Gasteiger partial charge in [0.25, 0.3) is 0 Å². The minimum Gasteiger partial charge on any atom is -0.345 e. The van der Waals surface area contributed by atoms with Crippen molar-refractivity contribution in [3.63, 3.8) is 0 Å². The lowest BCUT2D eigenvalue weighted by molar-refractivity contribution is -0.132. The normalized spacial score (nSPS) is 11.9. The molecule has 4 nitrogen and oxygen atoms in total. The first-order valence-electron chi connectivity index (χ1n) is 9.23. The van der Waals surface area contributed by atoms with E-state index >= 15 is 0 Å². The Morgan fingerprint density at radius 2 is 1.78 bits per heavy atom. The molecule has 0 saturated carbocycles. The molecule has 0 bridgehead atoms. The Balaban J connectivity index is 1.53. The summed E-state index contributed by atoms with van der Waals surface area (Å²) >= 11 is 0. The van der Waals surface area contributed by atoms with E-state index in [-0.39, 0.29) is 18.2 Å². The third kappa shape index (κ3) is 5.23. The van der Waals surface area contributed by atoms with Crippen LogP contribution in [-0.2, 0) is 22.4 Å². The van der Waals surface area contributed by atoms with Crippen molar-refractivity contribution in [2.45, 2.75) is 19.3 Å². The van der Waals surface area contributed by atoms with Crippen LogP contribution < -0.4 is 0 Å². The van der Waals surface area contributed by atoms with E-state index in [9.17, 15) is 9.59 Å². The summed E-state index contributed by atoms with van der Waals surface area (Å²) in [4.78, 5) is 30.2. The van der Waals surface area contributed by atoms with E-state index in [1.165, 1.54) is 0 Å². The molecule has 0 N–H and O–H groups in total. The van der Waals surface area contributed by atoms with Crippen LogP contribution in [0.25, 0.3) is 10.9 Å². The zero-order valence-corrected chi connectivity index (χ0v) is 15.5. The highest BCUT2D eigenvalue weighted by Crippen LogP contribution is 2.14.